The summed E-state index contributed by atoms with van der Waals surface area (Å²) in [6.45, 7) is 6.48. The topological polar surface area (TPSA) is 134 Å². The zero-order chi connectivity index (χ0) is 25.6. The maximum atomic E-state index is 12.9. The van der Waals surface area contributed by atoms with Gasteiger partial charge in [-0.2, -0.15) is 4.31 Å². The van der Waals surface area contributed by atoms with Crippen LogP contribution in [-0.4, -0.2) is 62.8 Å². The molecule has 1 saturated heterocycles. The van der Waals surface area contributed by atoms with Crippen molar-refractivity contribution < 1.29 is 27.5 Å². The predicted molar refractivity (Wildman–Crippen MR) is 129 cm³/mol. The zero-order valence-corrected chi connectivity index (χ0v) is 20.7. The average molecular weight is 503 g/mol. The van der Waals surface area contributed by atoms with Crippen molar-refractivity contribution >= 4 is 27.7 Å². The molecule has 3 amide bonds. The predicted octanol–water partition coefficient (Wildman–Crippen LogP) is 1.23. The van der Waals surface area contributed by atoms with Crippen LogP contribution >= 0.6 is 0 Å². The van der Waals surface area contributed by atoms with Crippen LogP contribution in [-0.2, 0) is 19.6 Å². The number of benzene rings is 2. The van der Waals surface area contributed by atoms with Crippen LogP contribution in [0.25, 0.3) is 0 Å². The van der Waals surface area contributed by atoms with Crippen LogP contribution in [0.1, 0.15) is 40.1 Å². The molecule has 1 atom stereocenters. The van der Waals surface area contributed by atoms with E-state index in [0.29, 0.717) is 18.8 Å². The van der Waals surface area contributed by atoms with E-state index < -0.39 is 33.8 Å². The zero-order valence-electron chi connectivity index (χ0n) is 19.9. The van der Waals surface area contributed by atoms with Crippen molar-refractivity contribution in [2.45, 2.75) is 31.7 Å². The Labute approximate surface area is 205 Å². The van der Waals surface area contributed by atoms with E-state index in [-0.39, 0.29) is 29.5 Å². The van der Waals surface area contributed by atoms with Gasteiger partial charge in [-0.05, 0) is 43.2 Å². The Morgan fingerprint density at radius 3 is 2.17 bits per heavy atom. The number of rotatable bonds is 7. The van der Waals surface area contributed by atoms with Gasteiger partial charge in [0.25, 0.3) is 17.7 Å². The molecular weight excluding hydrogens is 472 g/mol. The van der Waals surface area contributed by atoms with Crippen LogP contribution in [0.15, 0.2) is 53.4 Å². The molecule has 10 nitrogen and oxygen atoms in total. The van der Waals surface area contributed by atoms with Gasteiger partial charge in [0, 0.05) is 24.2 Å². The summed E-state index contributed by atoms with van der Waals surface area (Å²) in [6.07, 6.45) is 0. The number of amides is 3. The Bertz CT molecular complexity index is 1190. The summed E-state index contributed by atoms with van der Waals surface area (Å²) in [5.41, 5.74) is 6.01. The summed E-state index contributed by atoms with van der Waals surface area (Å²) < 4.78 is 32.2. The Morgan fingerprint density at radius 2 is 1.54 bits per heavy atom. The van der Waals surface area contributed by atoms with Gasteiger partial charge in [0.15, 0.2) is 0 Å². The lowest BCUT2D eigenvalue weighted by atomic mass is 10.0. The Balaban J connectivity index is 1.65. The van der Waals surface area contributed by atoms with E-state index in [4.69, 9.17) is 4.74 Å². The first kappa shape index (κ1) is 26.3. The molecule has 2 aromatic carbocycles. The highest BCUT2D eigenvalue weighted by Gasteiger charge is 2.28. The Hall–Kier alpha value is -3.28. The molecule has 0 aromatic heterocycles. The molecule has 1 fully saturated rings. The molecule has 1 aliphatic rings. The summed E-state index contributed by atoms with van der Waals surface area (Å²) in [5.74, 6) is -1.96. The van der Waals surface area contributed by atoms with Crippen LogP contribution in [0.2, 0.25) is 0 Å². The van der Waals surface area contributed by atoms with E-state index in [1.54, 1.807) is 32.0 Å². The van der Waals surface area contributed by atoms with Gasteiger partial charge in [0.1, 0.15) is 6.04 Å². The standard InChI is InChI=1S/C24H30N4O6S/c1-16(2)21(25-22(29)18-7-4-6-17(3)14-18)24(31)27-26-23(30)19-8-5-9-20(15-19)35(32,33)28-10-12-34-13-11-28/h4-9,14-16,21H,10-13H2,1-3H3,(H,25,29)(H,26,30)(H,27,31)/t21-/m0/s1. The number of hydrazine groups is 1. The molecule has 188 valence electrons. The second-order valence-corrected chi connectivity index (χ2v) is 10.5. The fourth-order valence-corrected chi connectivity index (χ4v) is 5.00. The van der Waals surface area contributed by atoms with Gasteiger partial charge in [-0.1, -0.05) is 37.6 Å². The molecule has 11 heteroatoms. The van der Waals surface area contributed by atoms with Gasteiger partial charge in [-0.15, -0.1) is 0 Å². The first-order chi connectivity index (χ1) is 16.6. The van der Waals surface area contributed by atoms with Gasteiger partial charge in [0.05, 0.1) is 18.1 Å². The minimum absolute atomic E-state index is 0.0242. The lowest BCUT2D eigenvalue weighted by Crippen LogP contribution is -2.54. The van der Waals surface area contributed by atoms with Gasteiger partial charge < -0.3 is 10.1 Å². The molecule has 0 radical (unpaired) electrons. The van der Waals surface area contributed by atoms with Crippen molar-refractivity contribution in [3.8, 4) is 0 Å². The van der Waals surface area contributed by atoms with Crippen molar-refractivity contribution in [2.75, 3.05) is 26.3 Å². The van der Waals surface area contributed by atoms with Crippen LogP contribution in [0.4, 0.5) is 0 Å². The van der Waals surface area contributed by atoms with E-state index >= 15 is 0 Å². The van der Waals surface area contributed by atoms with E-state index in [2.05, 4.69) is 16.2 Å². The van der Waals surface area contributed by atoms with E-state index in [1.165, 1.54) is 28.6 Å². The third-order valence-corrected chi connectivity index (χ3v) is 7.41. The number of aryl methyl sites for hydroxylation is 1. The summed E-state index contributed by atoms with van der Waals surface area (Å²) in [7, 11) is -3.78. The summed E-state index contributed by atoms with van der Waals surface area (Å²) >= 11 is 0. The normalized spacial score (nSPS) is 15.3. The number of nitrogens with one attached hydrogen (secondary N) is 3. The molecule has 0 spiro atoms. The lowest BCUT2D eigenvalue weighted by molar-refractivity contribution is -0.124. The van der Waals surface area contributed by atoms with E-state index in [1.807, 2.05) is 13.0 Å². The van der Waals surface area contributed by atoms with Crippen molar-refractivity contribution in [3.63, 3.8) is 0 Å². The number of carbonyl (C=O) groups excluding carboxylic acids is 3. The number of hydrogen-bond donors (Lipinski definition) is 3. The molecule has 2 aromatic rings. The molecule has 0 aliphatic carbocycles. The fourth-order valence-electron chi connectivity index (χ4n) is 3.55. The minimum Gasteiger partial charge on any atom is -0.379 e. The van der Waals surface area contributed by atoms with Gasteiger partial charge >= 0.3 is 0 Å². The Kier molecular flexibility index (Phi) is 8.60. The smallest absolute Gasteiger partial charge is 0.269 e. The summed E-state index contributed by atoms with van der Waals surface area (Å²) in [6, 6.07) is 11.6. The molecule has 3 rings (SSSR count). The molecule has 0 unspecified atom stereocenters. The van der Waals surface area contributed by atoms with Gasteiger partial charge in [-0.25, -0.2) is 8.42 Å². The lowest BCUT2D eigenvalue weighted by Gasteiger charge is -2.26. The van der Waals surface area contributed by atoms with Gasteiger partial charge in [0.2, 0.25) is 10.0 Å². The highest BCUT2D eigenvalue weighted by atomic mass is 32.2. The van der Waals surface area contributed by atoms with Crippen LogP contribution in [0, 0.1) is 12.8 Å². The number of ether oxygens (including phenoxy) is 1. The first-order valence-electron chi connectivity index (χ1n) is 11.3. The SMILES string of the molecule is Cc1cccc(C(=O)N[C@H](C(=O)NNC(=O)c2cccc(S(=O)(=O)N3CCOCC3)c2)C(C)C)c1. The molecule has 1 aliphatic heterocycles. The number of hydrogen-bond acceptors (Lipinski definition) is 6. The first-order valence-corrected chi connectivity index (χ1v) is 12.7. The van der Waals surface area contributed by atoms with Crippen molar-refractivity contribution in [1.82, 2.24) is 20.5 Å². The molecular formula is C24H30N4O6S. The highest BCUT2D eigenvalue weighted by Crippen LogP contribution is 2.18. The van der Waals surface area contributed by atoms with Crippen molar-refractivity contribution in [2.24, 2.45) is 5.92 Å². The largest absolute Gasteiger partial charge is 0.379 e. The summed E-state index contributed by atoms with van der Waals surface area (Å²) in [5, 5.41) is 2.69. The maximum Gasteiger partial charge on any atom is 0.269 e. The fraction of sp³-hybridized carbons (Fsp3) is 0.375. The van der Waals surface area contributed by atoms with Crippen LogP contribution in [0.5, 0.6) is 0 Å². The third-order valence-electron chi connectivity index (χ3n) is 5.52. The van der Waals surface area contributed by atoms with Gasteiger partial charge in [-0.3, -0.25) is 25.2 Å². The summed E-state index contributed by atoms with van der Waals surface area (Å²) in [4.78, 5) is 37.9. The third kappa shape index (κ3) is 6.65. The number of sulfonamides is 1. The molecule has 1 heterocycles. The van der Waals surface area contributed by atoms with Crippen molar-refractivity contribution in [3.05, 3.63) is 65.2 Å². The highest BCUT2D eigenvalue weighted by molar-refractivity contribution is 7.89. The second-order valence-electron chi connectivity index (χ2n) is 8.55. The monoisotopic (exact) mass is 502 g/mol. The Morgan fingerprint density at radius 1 is 0.914 bits per heavy atom. The van der Waals surface area contributed by atoms with E-state index in [9.17, 15) is 22.8 Å². The molecule has 3 N–H and O–H groups in total. The van der Waals surface area contributed by atoms with Crippen molar-refractivity contribution in [1.29, 1.82) is 0 Å². The second kappa shape index (κ2) is 11.4. The average Bonchev–Trinajstić information content (AvgIpc) is 2.85. The number of nitrogens with zero attached hydrogens (tertiary/aromatic N) is 1. The quantitative estimate of drug-likeness (QED) is 0.488. The van der Waals surface area contributed by atoms with Crippen LogP contribution in [0.3, 0.4) is 0 Å². The molecule has 0 bridgehead atoms. The number of carbonyl (C=O) groups is 3. The van der Waals surface area contributed by atoms with Crippen LogP contribution < -0.4 is 16.2 Å². The molecule has 0 saturated carbocycles. The number of morpholine rings is 1. The maximum absolute atomic E-state index is 12.9. The minimum atomic E-state index is -3.78. The van der Waals surface area contributed by atoms with E-state index in [0.717, 1.165) is 5.56 Å². The molecule has 35 heavy (non-hydrogen) atoms.